The van der Waals surface area contributed by atoms with Gasteiger partial charge in [-0.2, -0.15) is 0 Å². The summed E-state index contributed by atoms with van der Waals surface area (Å²) in [6.07, 6.45) is -0.384. The molecule has 0 bridgehead atoms. The van der Waals surface area contributed by atoms with Gasteiger partial charge in [-0.3, -0.25) is 14.4 Å². The third kappa shape index (κ3) is 6.41. The van der Waals surface area contributed by atoms with Crippen molar-refractivity contribution in [1.82, 2.24) is 0 Å². The van der Waals surface area contributed by atoms with Gasteiger partial charge in [-0.25, -0.2) is 0 Å². The molecular weight excluding hydrogens is 368 g/mol. The molecular formula is C19H22N2O5S. The SMILES string of the molecule is Cc1cccc(OCCCC(=O)O[C@H](C)C(=O)Nc2sccc2C(N)=O)c1. The monoisotopic (exact) mass is 390 g/mol. The maximum absolute atomic E-state index is 12.1. The molecule has 0 saturated carbocycles. The molecule has 7 nitrogen and oxygen atoms in total. The Hall–Kier alpha value is -2.87. The zero-order chi connectivity index (χ0) is 19.8. The van der Waals surface area contributed by atoms with Gasteiger partial charge in [-0.15, -0.1) is 11.3 Å². The quantitative estimate of drug-likeness (QED) is 0.506. The minimum Gasteiger partial charge on any atom is -0.494 e. The fourth-order valence-electron chi connectivity index (χ4n) is 2.23. The largest absolute Gasteiger partial charge is 0.494 e. The van der Waals surface area contributed by atoms with Crippen molar-refractivity contribution in [3.63, 3.8) is 0 Å². The van der Waals surface area contributed by atoms with E-state index in [9.17, 15) is 14.4 Å². The van der Waals surface area contributed by atoms with Crippen molar-refractivity contribution in [2.24, 2.45) is 5.73 Å². The maximum Gasteiger partial charge on any atom is 0.306 e. The van der Waals surface area contributed by atoms with Crippen LogP contribution in [0.5, 0.6) is 5.75 Å². The number of rotatable bonds is 9. The van der Waals surface area contributed by atoms with Gasteiger partial charge < -0.3 is 20.5 Å². The van der Waals surface area contributed by atoms with Gasteiger partial charge in [0.2, 0.25) is 0 Å². The van der Waals surface area contributed by atoms with Crippen LogP contribution in [0.1, 0.15) is 35.7 Å². The van der Waals surface area contributed by atoms with E-state index >= 15 is 0 Å². The highest BCUT2D eigenvalue weighted by molar-refractivity contribution is 7.14. The lowest BCUT2D eigenvalue weighted by molar-refractivity contribution is -0.153. The van der Waals surface area contributed by atoms with Gasteiger partial charge in [-0.05, 0) is 49.4 Å². The molecule has 8 heteroatoms. The normalized spacial score (nSPS) is 11.5. The molecule has 2 amide bonds. The topological polar surface area (TPSA) is 108 Å². The molecule has 27 heavy (non-hydrogen) atoms. The number of thiophene rings is 1. The van der Waals surface area contributed by atoms with Crippen molar-refractivity contribution in [2.75, 3.05) is 11.9 Å². The van der Waals surface area contributed by atoms with Crippen molar-refractivity contribution < 1.29 is 23.9 Å². The van der Waals surface area contributed by atoms with Crippen LogP contribution in [0.4, 0.5) is 5.00 Å². The van der Waals surface area contributed by atoms with Crippen molar-refractivity contribution in [3.8, 4) is 5.75 Å². The molecule has 1 atom stereocenters. The number of nitrogens with one attached hydrogen (secondary N) is 1. The highest BCUT2D eigenvalue weighted by atomic mass is 32.1. The number of hydrogen-bond acceptors (Lipinski definition) is 6. The average molecular weight is 390 g/mol. The van der Waals surface area contributed by atoms with E-state index in [1.165, 1.54) is 24.3 Å². The Morgan fingerprint density at radius 1 is 1.26 bits per heavy atom. The van der Waals surface area contributed by atoms with Crippen LogP contribution in [0.25, 0.3) is 0 Å². The molecule has 0 fully saturated rings. The number of carbonyl (C=O) groups is 3. The molecule has 1 aromatic carbocycles. The minimum absolute atomic E-state index is 0.134. The Morgan fingerprint density at radius 2 is 2.04 bits per heavy atom. The highest BCUT2D eigenvalue weighted by Gasteiger charge is 2.20. The summed E-state index contributed by atoms with van der Waals surface area (Å²) in [6.45, 7) is 3.81. The molecule has 144 valence electrons. The van der Waals surface area contributed by atoms with Gasteiger partial charge in [0.25, 0.3) is 11.8 Å². The van der Waals surface area contributed by atoms with E-state index in [2.05, 4.69) is 5.32 Å². The van der Waals surface area contributed by atoms with Gasteiger partial charge in [0, 0.05) is 6.42 Å². The van der Waals surface area contributed by atoms with E-state index < -0.39 is 23.9 Å². The lowest BCUT2D eigenvalue weighted by Gasteiger charge is -2.13. The predicted molar refractivity (Wildman–Crippen MR) is 103 cm³/mol. The average Bonchev–Trinajstić information content (AvgIpc) is 3.07. The van der Waals surface area contributed by atoms with Gasteiger partial charge in [0.15, 0.2) is 6.10 Å². The minimum atomic E-state index is -0.988. The summed E-state index contributed by atoms with van der Waals surface area (Å²) in [5.74, 6) is -0.904. The summed E-state index contributed by atoms with van der Waals surface area (Å²) in [7, 11) is 0. The van der Waals surface area contributed by atoms with E-state index in [-0.39, 0.29) is 12.0 Å². The van der Waals surface area contributed by atoms with Gasteiger partial charge in [0.05, 0.1) is 12.2 Å². The second-order valence-electron chi connectivity index (χ2n) is 5.92. The number of ether oxygens (including phenoxy) is 2. The second kappa shape index (κ2) is 9.72. The van der Waals surface area contributed by atoms with Crippen LogP contribution >= 0.6 is 11.3 Å². The van der Waals surface area contributed by atoms with Crippen LogP contribution in [-0.4, -0.2) is 30.5 Å². The first kappa shape index (κ1) is 20.4. The van der Waals surface area contributed by atoms with Crippen molar-refractivity contribution in [2.45, 2.75) is 32.8 Å². The molecule has 3 N–H and O–H groups in total. The van der Waals surface area contributed by atoms with E-state index in [0.717, 1.165) is 11.3 Å². The number of carbonyl (C=O) groups excluding carboxylic acids is 3. The number of benzene rings is 1. The third-order valence-electron chi connectivity index (χ3n) is 3.63. The summed E-state index contributed by atoms with van der Waals surface area (Å²) in [6, 6.07) is 9.15. The van der Waals surface area contributed by atoms with Crippen molar-refractivity contribution >= 4 is 34.1 Å². The lowest BCUT2D eigenvalue weighted by Crippen LogP contribution is -2.30. The molecule has 0 aliphatic heterocycles. The second-order valence-corrected chi connectivity index (χ2v) is 6.83. The Balaban J connectivity index is 1.72. The first-order chi connectivity index (χ1) is 12.9. The predicted octanol–water partition coefficient (Wildman–Crippen LogP) is 2.88. The zero-order valence-electron chi connectivity index (χ0n) is 15.2. The molecule has 0 unspecified atom stereocenters. The van der Waals surface area contributed by atoms with E-state index in [1.807, 2.05) is 31.2 Å². The van der Waals surface area contributed by atoms with Crippen LogP contribution in [0.3, 0.4) is 0 Å². The number of amides is 2. The van der Waals surface area contributed by atoms with Gasteiger partial charge >= 0.3 is 5.97 Å². The number of hydrogen-bond donors (Lipinski definition) is 2. The van der Waals surface area contributed by atoms with Crippen LogP contribution in [0.15, 0.2) is 35.7 Å². The lowest BCUT2D eigenvalue weighted by atomic mass is 10.2. The van der Waals surface area contributed by atoms with Crippen LogP contribution < -0.4 is 15.8 Å². The Morgan fingerprint density at radius 3 is 2.74 bits per heavy atom. The third-order valence-corrected chi connectivity index (χ3v) is 4.46. The van der Waals surface area contributed by atoms with Crippen LogP contribution in [0.2, 0.25) is 0 Å². The Labute approximate surface area is 161 Å². The Bertz CT molecular complexity index is 818. The van der Waals surface area contributed by atoms with E-state index in [0.29, 0.717) is 18.0 Å². The smallest absolute Gasteiger partial charge is 0.306 e. The number of anilines is 1. The molecule has 1 aromatic heterocycles. The van der Waals surface area contributed by atoms with Crippen LogP contribution in [0, 0.1) is 6.92 Å². The molecule has 0 aliphatic rings. The molecule has 2 aromatic rings. The summed E-state index contributed by atoms with van der Waals surface area (Å²) >= 11 is 1.17. The first-order valence-corrected chi connectivity index (χ1v) is 9.32. The summed E-state index contributed by atoms with van der Waals surface area (Å²) < 4.78 is 10.7. The number of primary amides is 1. The molecule has 2 rings (SSSR count). The Kier molecular flexibility index (Phi) is 7.36. The summed E-state index contributed by atoms with van der Waals surface area (Å²) in [4.78, 5) is 35.2. The maximum atomic E-state index is 12.1. The van der Waals surface area contributed by atoms with Crippen molar-refractivity contribution in [3.05, 3.63) is 46.8 Å². The van der Waals surface area contributed by atoms with Gasteiger partial charge in [-0.1, -0.05) is 12.1 Å². The summed E-state index contributed by atoms with van der Waals surface area (Å²) in [5, 5.41) is 4.52. The van der Waals surface area contributed by atoms with Crippen LogP contribution in [-0.2, 0) is 14.3 Å². The zero-order valence-corrected chi connectivity index (χ0v) is 16.0. The molecule has 0 saturated heterocycles. The highest BCUT2D eigenvalue weighted by Crippen LogP contribution is 2.23. The first-order valence-electron chi connectivity index (χ1n) is 8.44. The fourth-order valence-corrected chi connectivity index (χ4v) is 3.03. The van der Waals surface area contributed by atoms with E-state index in [4.69, 9.17) is 15.2 Å². The number of aryl methyl sites for hydroxylation is 1. The molecule has 0 radical (unpaired) electrons. The number of esters is 1. The molecule has 1 heterocycles. The molecule has 0 spiro atoms. The summed E-state index contributed by atoms with van der Waals surface area (Å²) in [5.41, 5.74) is 6.55. The fraction of sp³-hybridized carbons (Fsp3) is 0.316. The van der Waals surface area contributed by atoms with E-state index in [1.54, 1.807) is 5.38 Å². The van der Waals surface area contributed by atoms with Crippen molar-refractivity contribution in [1.29, 1.82) is 0 Å². The van der Waals surface area contributed by atoms with Gasteiger partial charge in [0.1, 0.15) is 10.8 Å². The standard InChI is InChI=1S/C19H22N2O5S/c1-12-5-3-6-14(11-12)25-9-4-7-16(22)26-13(2)18(24)21-19-15(17(20)23)8-10-27-19/h3,5-6,8,10-11,13H,4,7,9H2,1-2H3,(H2,20,23)(H,21,24)/t13-/m1/s1. The number of nitrogens with two attached hydrogens (primary N) is 1. The molecule has 0 aliphatic carbocycles.